The lowest BCUT2D eigenvalue weighted by molar-refractivity contribution is -0.166. The number of ether oxygens (including phenoxy) is 3. The maximum absolute atomic E-state index is 12.7. The Morgan fingerprint density at radius 1 is 0.386 bits per heavy atom. The van der Waals surface area contributed by atoms with Gasteiger partial charge >= 0.3 is 17.9 Å². The van der Waals surface area contributed by atoms with E-state index in [-0.39, 0.29) is 38.0 Å². The van der Waals surface area contributed by atoms with Crippen LogP contribution in [-0.2, 0) is 28.6 Å². The van der Waals surface area contributed by atoms with Crippen molar-refractivity contribution in [2.24, 2.45) is 0 Å². The lowest BCUT2D eigenvalue weighted by atomic mass is 10.1. The van der Waals surface area contributed by atoms with E-state index in [0.29, 0.717) is 19.3 Å². The molecular weight excluding hydrogens is 709 g/mol. The minimum atomic E-state index is -0.838. The van der Waals surface area contributed by atoms with Crippen LogP contribution in [0.25, 0.3) is 0 Å². The van der Waals surface area contributed by atoms with E-state index in [9.17, 15) is 14.4 Å². The van der Waals surface area contributed by atoms with Crippen molar-refractivity contribution in [3.8, 4) is 0 Å². The van der Waals surface area contributed by atoms with Gasteiger partial charge in [-0.15, -0.1) is 0 Å². The van der Waals surface area contributed by atoms with Crippen LogP contribution < -0.4 is 0 Å². The normalized spacial score (nSPS) is 13.1. The molecule has 6 nitrogen and oxygen atoms in total. The highest BCUT2D eigenvalue weighted by Crippen LogP contribution is 2.11. The maximum atomic E-state index is 12.7. The van der Waals surface area contributed by atoms with Crippen LogP contribution in [-0.4, -0.2) is 37.2 Å². The molecule has 0 amide bonds. The van der Waals surface area contributed by atoms with E-state index in [0.717, 1.165) is 83.5 Å². The molecule has 0 fully saturated rings. The van der Waals surface area contributed by atoms with Crippen LogP contribution in [0.5, 0.6) is 0 Å². The van der Waals surface area contributed by atoms with Crippen molar-refractivity contribution in [2.45, 2.75) is 181 Å². The second-order valence-corrected chi connectivity index (χ2v) is 14.3. The molecule has 0 aromatic carbocycles. The Balaban J connectivity index is 4.58. The Bertz CT molecular complexity index is 1230. The van der Waals surface area contributed by atoms with Crippen LogP contribution in [0.1, 0.15) is 175 Å². The van der Waals surface area contributed by atoms with Gasteiger partial charge in [-0.3, -0.25) is 14.4 Å². The minimum Gasteiger partial charge on any atom is -0.462 e. The minimum absolute atomic E-state index is 0.131. The van der Waals surface area contributed by atoms with Gasteiger partial charge in [-0.2, -0.15) is 0 Å². The van der Waals surface area contributed by atoms with Crippen molar-refractivity contribution < 1.29 is 28.6 Å². The van der Waals surface area contributed by atoms with Crippen molar-refractivity contribution >= 4 is 17.9 Å². The monoisotopic (exact) mass is 789 g/mol. The third-order valence-corrected chi connectivity index (χ3v) is 8.85. The topological polar surface area (TPSA) is 78.9 Å². The van der Waals surface area contributed by atoms with Gasteiger partial charge in [-0.25, -0.2) is 0 Å². The fraction of sp³-hybridized carbons (Fsp3) is 0.588. The van der Waals surface area contributed by atoms with Crippen LogP contribution in [0.15, 0.2) is 109 Å². The summed E-state index contributed by atoms with van der Waals surface area (Å²) in [5, 5.41) is 0. The zero-order chi connectivity index (χ0) is 41.5. The fourth-order valence-corrected chi connectivity index (χ4v) is 5.53. The van der Waals surface area contributed by atoms with Crippen LogP contribution in [0, 0.1) is 0 Å². The molecule has 0 bridgehead atoms. The summed E-state index contributed by atoms with van der Waals surface area (Å²) in [6.45, 7) is 6.21. The molecule has 0 rings (SSSR count). The third-order valence-electron chi connectivity index (χ3n) is 8.85. The molecule has 0 saturated carbocycles. The summed E-state index contributed by atoms with van der Waals surface area (Å²) >= 11 is 0. The van der Waals surface area contributed by atoms with E-state index in [1.807, 2.05) is 30.4 Å². The highest BCUT2D eigenvalue weighted by molar-refractivity contribution is 5.71. The summed E-state index contributed by atoms with van der Waals surface area (Å²) in [7, 11) is 0. The van der Waals surface area contributed by atoms with Gasteiger partial charge in [0.05, 0.1) is 0 Å². The molecule has 0 heterocycles. The fourth-order valence-electron chi connectivity index (χ4n) is 5.53. The van der Waals surface area contributed by atoms with Crippen molar-refractivity contribution in [1.82, 2.24) is 0 Å². The second-order valence-electron chi connectivity index (χ2n) is 14.3. The summed E-state index contributed by atoms with van der Waals surface area (Å²) in [5.74, 6) is -1.09. The zero-order valence-electron chi connectivity index (χ0n) is 36.3. The molecular formula is C51H80O6. The molecule has 1 unspecified atom stereocenters. The number of hydrogen-bond acceptors (Lipinski definition) is 6. The lowest BCUT2D eigenvalue weighted by Crippen LogP contribution is -2.30. The summed E-state index contributed by atoms with van der Waals surface area (Å²) < 4.78 is 16.6. The molecule has 0 aliphatic carbocycles. The highest BCUT2D eigenvalue weighted by Gasteiger charge is 2.19. The van der Waals surface area contributed by atoms with Crippen LogP contribution in [0.4, 0.5) is 0 Å². The number of carbonyl (C=O) groups is 3. The van der Waals surface area contributed by atoms with Crippen LogP contribution in [0.2, 0.25) is 0 Å². The number of hydrogen-bond donors (Lipinski definition) is 0. The SMILES string of the molecule is CC\C=C/C=C\C=C/C=C\CCCCCCCC(=O)OCC(COC(=O)CCC/C=C\C/C=C\C/C=C\CC)OC(=O)CC/C=C\C/C=C\CCCCCCCC. The molecule has 0 aromatic rings. The molecule has 0 aliphatic rings. The van der Waals surface area contributed by atoms with Crippen molar-refractivity contribution in [3.63, 3.8) is 0 Å². The quantitative estimate of drug-likeness (QED) is 0.0204. The smallest absolute Gasteiger partial charge is 0.306 e. The number of rotatable bonds is 38. The van der Waals surface area contributed by atoms with E-state index in [4.69, 9.17) is 14.2 Å². The van der Waals surface area contributed by atoms with Gasteiger partial charge in [0, 0.05) is 19.3 Å². The van der Waals surface area contributed by atoms with Gasteiger partial charge in [-0.1, -0.05) is 182 Å². The Kier molecular flexibility index (Phi) is 41.7. The average molecular weight is 789 g/mol. The summed E-state index contributed by atoms with van der Waals surface area (Å²) in [4.78, 5) is 37.7. The van der Waals surface area contributed by atoms with E-state index in [1.54, 1.807) is 0 Å². The van der Waals surface area contributed by atoms with Crippen molar-refractivity contribution in [3.05, 3.63) is 109 Å². The van der Waals surface area contributed by atoms with Gasteiger partial charge in [0.1, 0.15) is 13.2 Å². The molecule has 0 spiro atoms. The molecule has 0 saturated heterocycles. The molecule has 320 valence electrons. The summed E-state index contributed by atoms with van der Waals surface area (Å²) in [6, 6.07) is 0. The molecule has 57 heavy (non-hydrogen) atoms. The van der Waals surface area contributed by atoms with E-state index in [2.05, 4.69) is 99.8 Å². The molecule has 0 radical (unpaired) electrons. The van der Waals surface area contributed by atoms with Gasteiger partial charge in [-0.05, 0) is 83.5 Å². The van der Waals surface area contributed by atoms with E-state index >= 15 is 0 Å². The third kappa shape index (κ3) is 43.0. The van der Waals surface area contributed by atoms with Gasteiger partial charge in [0.15, 0.2) is 6.10 Å². The number of esters is 3. The Labute approximate surface area is 349 Å². The number of allylic oxidation sites excluding steroid dienone is 18. The van der Waals surface area contributed by atoms with Crippen LogP contribution in [0.3, 0.4) is 0 Å². The first kappa shape index (κ1) is 53.1. The first-order valence-electron chi connectivity index (χ1n) is 22.4. The lowest BCUT2D eigenvalue weighted by Gasteiger charge is -2.18. The van der Waals surface area contributed by atoms with Crippen molar-refractivity contribution in [2.75, 3.05) is 13.2 Å². The Hall–Kier alpha value is -3.93. The largest absolute Gasteiger partial charge is 0.462 e. The molecule has 6 heteroatoms. The number of carbonyl (C=O) groups excluding carboxylic acids is 3. The Morgan fingerprint density at radius 2 is 0.825 bits per heavy atom. The molecule has 0 N–H and O–H groups in total. The standard InChI is InChI=1S/C51H80O6/c1-4-7-10-13-16-19-22-24-25-27-29-32-35-38-41-44-50(53)56-47-48(46-55-49(52)43-40-37-34-31-28-21-18-15-12-9-6-3)57-51(54)45-42-39-36-33-30-26-23-20-17-14-11-8-5-2/h7,9-10,12-13,16,18-19,21-22,24-26,30-31,34,36,39,48H,4-6,8,11,14-15,17,20,23,27-29,32-33,35,37-38,40-47H2,1-3H3/b10-7-,12-9-,16-13-,21-18-,22-19-,25-24-,30-26-,34-31-,39-36-. The predicted octanol–water partition coefficient (Wildman–Crippen LogP) is 14.4. The summed E-state index contributed by atoms with van der Waals surface area (Å²) in [5.41, 5.74) is 0. The first-order valence-corrected chi connectivity index (χ1v) is 22.4. The number of unbranched alkanes of at least 4 members (excludes halogenated alkanes) is 12. The van der Waals surface area contributed by atoms with Crippen molar-refractivity contribution in [1.29, 1.82) is 0 Å². The zero-order valence-corrected chi connectivity index (χ0v) is 36.3. The molecule has 0 aliphatic heterocycles. The van der Waals surface area contributed by atoms with Gasteiger partial charge in [0.25, 0.3) is 0 Å². The molecule has 1 atom stereocenters. The van der Waals surface area contributed by atoms with Gasteiger partial charge in [0.2, 0.25) is 0 Å². The first-order chi connectivity index (χ1) is 28.0. The highest BCUT2D eigenvalue weighted by atomic mass is 16.6. The van der Waals surface area contributed by atoms with Crippen LogP contribution >= 0.6 is 0 Å². The van der Waals surface area contributed by atoms with E-state index < -0.39 is 12.1 Å². The molecule has 0 aromatic heterocycles. The van der Waals surface area contributed by atoms with E-state index in [1.165, 1.54) is 38.5 Å². The maximum Gasteiger partial charge on any atom is 0.306 e. The predicted molar refractivity (Wildman–Crippen MR) is 242 cm³/mol. The van der Waals surface area contributed by atoms with Gasteiger partial charge < -0.3 is 14.2 Å². The average Bonchev–Trinajstić information content (AvgIpc) is 3.21. The summed E-state index contributed by atoms with van der Waals surface area (Å²) in [6.07, 6.45) is 59.5. The Morgan fingerprint density at radius 3 is 1.42 bits per heavy atom. The second kappa shape index (κ2) is 44.8.